The Bertz CT molecular complexity index is 41.8. The van der Waals surface area contributed by atoms with Gasteiger partial charge in [0.1, 0.15) is 0 Å². The van der Waals surface area contributed by atoms with Crippen molar-refractivity contribution in [2.24, 2.45) is 5.73 Å². The zero-order valence-corrected chi connectivity index (χ0v) is 5.85. The number of nitrogens with two attached hydrogens (primary N) is 1. The van der Waals surface area contributed by atoms with Gasteiger partial charge < -0.3 is 10.6 Å². The molecule has 0 aliphatic rings. The summed E-state index contributed by atoms with van der Waals surface area (Å²) in [6, 6.07) is 0. The predicted octanol–water partition coefficient (Wildman–Crippen LogP) is 0.287. The molecular formula is C6H16N2. The van der Waals surface area contributed by atoms with E-state index in [0.717, 1.165) is 26.2 Å². The fourth-order valence-corrected chi connectivity index (χ4v) is 0.722. The molecule has 0 saturated carbocycles. The maximum Gasteiger partial charge on any atom is 0.0104 e. The first kappa shape index (κ1) is 7.92. The lowest BCUT2D eigenvalue weighted by Crippen LogP contribution is -2.28. The molecule has 0 aliphatic heterocycles. The molecule has 0 aromatic rings. The van der Waals surface area contributed by atoms with Crippen LogP contribution in [-0.2, 0) is 0 Å². The van der Waals surface area contributed by atoms with Gasteiger partial charge in [-0.05, 0) is 13.1 Å². The van der Waals surface area contributed by atoms with Crippen molar-refractivity contribution in [3.05, 3.63) is 0 Å². The van der Waals surface area contributed by atoms with Crippen LogP contribution in [0.1, 0.15) is 13.8 Å². The Kier molecular flexibility index (Phi) is 5.01. The molecule has 2 nitrogen and oxygen atoms in total. The third-order valence-corrected chi connectivity index (χ3v) is 1.34. The molecule has 0 bridgehead atoms. The Balaban J connectivity index is 3.07. The lowest BCUT2D eigenvalue weighted by molar-refractivity contribution is 0.312. The third kappa shape index (κ3) is 2.99. The van der Waals surface area contributed by atoms with E-state index in [2.05, 4.69) is 18.7 Å². The van der Waals surface area contributed by atoms with Crippen molar-refractivity contribution >= 4 is 0 Å². The first-order valence-electron chi connectivity index (χ1n) is 3.27. The number of rotatable bonds is 4. The zero-order valence-electron chi connectivity index (χ0n) is 5.85. The zero-order chi connectivity index (χ0) is 6.41. The van der Waals surface area contributed by atoms with Crippen LogP contribution >= 0.6 is 0 Å². The minimum absolute atomic E-state index is 0.779. The number of likely N-dealkylation sites (N-methyl/N-ethyl adjacent to an activating group) is 1. The van der Waals surface area contributed by atoms with E-state index in [1.807, 2.05) is 0 Å². The first-order chi connectivity index (χ1) is 3.85. The molecule has 2 heteroatoms. The highest BCUT2D eigenvalue weighted by Gasteiger charge is 1.92. The fourth-order valence-electron chi connectivity index (χ4n) is 0.722. The van der Waals surface area contributed by atoms with E-state index in [-0.39, 0.29) is 0 Å². The molecule has 0 aromatic heterocycles. The normalized spacial score (nSPS) is 10.5. The van der Waals surface area contributed by atoms with Gasteiger partial charge in [0, 0.05) is 13.1 Å². The maximum atomic E-state index is 5.34. The van der Waals surface area contributed by atoms with E-state index in [4.69, 9.17) is 5.73 Å². The van der Waals surface area contributed by atoms with Gasteiger partial charge in [0.2, 0.25) is 0 Å². The van der Waals surface area contributed by atoms with Crippen LogP contribution in [0.3, 0.4) is 0 Å². The van der Waals surface area contributed by atoms with Gasteiger partial charge in [0.15, 0.2) is 0 Å². The molecule has 50 valence electrons. The molecule has 0 saturated heterocycles. The van der Waals surface area contributed by atoms with E-state index in [9.17, 15) is 0 Å². The third-order valence-electron chi connectivity index (χ3n) is 1.34. The van der Waals surface area contributed by atoms with Gasteiger partial charge in [-0.3, -0.25) is 0 Å². The van der Waals surface area contributed by atoms with Crippen molar-refractivity contribution in [3.63, 3.8) is 0 Å². The molecule has 2 N–H and O–H groups in total. The van der Waals surface area contributed by atoms with E-state index in [1.54, 1.807) is 0 Å². The minimum Gasteiger partial charge on any atom is -0.329 e. The smallest absolute Gasteiger partial charge is 0.0104 e. The summed E-state index contributed by atoms with van der Waals surface area (Å²) >= 11 is 0. The highest BCUT2D eigenvalue weighted by atomic mass is 15.2. The minimum atomic E-state index is 0.779. The van der Waals surface area contributed by atoms with Crippen molar-refractivity contribution in [2.45, 2.75) is 13.8 Å². The average molecular weight is 117 g/mol. The number of hydrogen-bond acceptors (Lipinski definition) is 2. The topological polar surface area (TPSA) is 29.3 Å². The van der Waals surface area contributed by atoms with E-state index in [1.165, 1.54) is 0 Å². The van der Waals surface area contributed by atoms with E-state index in [0.29, 0.717) is 0 Å². The predicted molar refractivity (Wildman–Crippen MR) is 36.8 cm³/mol. The molecule has 0 radical (unpaired) electrons. The van der Waals surface area contributed by atoms with E-state index >= 15 is 0 Å². The van der Waals surface area contributed by atoms with Gasteiger partial charge in [-0.15, -0.1) is 0 Å². The summed E-state index contributed by atoms with van der Waals surface area (Å²) in [5.41, 5.74) is 5.34. The Morgan fingerprint density at radius 2 is 1.75 bits per heavy atom. The van der Waals surface area contributed by atoms with Crippen LogP contribution in [-0.4, -0.2) is 31.1 Å². The SMILES string of the molecule is CCN(CC)[13CH2]CN. The molecular weight excluding hydrogens is 101 g/mol. The average Bonchev–Trinajstić information content (AvgIpc) is 1.83. The van der Waals surface area contributed by atoms with Gasteiger partial charge in [0.25, 0.3) is 0 Å². The van der Waals surface area contributed by atoms with Crippen molar-refractivity contribution in [1.29, 1.82) is 0 Å². The van der Waals surface area contributed by atoms with Crippen molar-refractivity contribution in [1.82, 2.24) is 4.90 Å². The van der Waals surface area contributed by atoms with E-state index < -0.39 is 0 Å². The second kappa shape index (κ2) is 5.06. The van der Waals surface area contributed by atoms with Crippen LogP contribution in [0, 0.1) is 0 Å². The largest absolute Gasteiger partial charge is 0.329 e. The standard InChI is InChI=1S/C6H16N2/c1-3-8(4-2)6-5-7/h3-7H2,1-2H3/i6+1. The summed E-state index contributed by atoms with van der Waals surface area (Å²) in [6.45, 7) is 8.36. The fraction of sp³-hybridized carbons (Fsp3) is 1.00. The van der Waals surface area contributed by atoms with Crippen LogP contribution < -0.4 is 5.73 Å². The first-order valence-corrected chi connectivity index (χ1v) is 3.27. The Morgan fingerprint density at radius 1 is 1.25 bits per heavy atom. The Morgan fingerprint density at radius 3 is 1.88 bits per heavy atom. The van der Waals surface area contributed by atoms with Gasteiger partial charge in [-0.2, -0.15) is 0 Å². The Labute approximate surface area is 51.7 Å². The molecule has 0 heterocycles. The van der Waals surface area contributed by atoms with Gasteiger partial charge in [-0.1, -0.05) is 13.8 Å². The Hall–Kier alpha value is -0.0800. The lowest BCUT2D eigenvalue weighted by Gasteiger charge is -2.15. The summed E-state index contributed by atoms with van der Waals surface area (Å²) < 4.78 is 0. The molecule has 0 rings (SSSR count). The monoisotopic (exact) mass is 117 g/mol. The second-order valence-electron chi connectivity index (χ2n) is 1.82. The molecule has 0 aliphatic carbocycles. The van der Waals surface area contributed by atoms with Gasteiger partial charge in [-0.25, -0.2) is 0 Å². The van der Waals surface area contributed by atoms with Crippen molar-refractivity contribution < 1.29 is 0 Å². The molecule has 0 unspecified atom stereocenters. The molecule has 0 aromatic carbocycles. The molecule has 0 spiro atoms. The highest BCUT2D eigenvalue weighted by molar-refractivity contribution is 4.50. The summed E-state index contributed by atoms with van der Waals surface area (Å²) in [5, 5.41) is 0. The van der Waals surface area contributed by atoms with Crippen LogP contribution in [0.25, 0.3) is 0 Å². The van der Waals surface area contributed by atoms with Crippen molar-refractivity contribution in [2.75, 3.05) is 26.2 Å². The van der Waals surface area contributed by atoms with Crippen LogP contribution in [0.2, 0.25) is 0 Å². The van der Waals surface area contributed by atoms with Crippen molar-refractivity contribution in [3.8, 4) is 0 Å². The van der Waals surface area contributed by atoms with Crippen LogP contribution in [0.15, 0.2) is 0 Å². The molecule has 0 amide bonds. The van der Waals surface area contributed by atoms with Gasteiger partial charge >= 0.3 is 0 Å². The molecule has 0 atom stereocenters. The molecule has 8 heavy (non-hydrogen) atoms. The summed E-state index contributed by atoms with van der Waals surface area (Å²) in [7, 11) is 0. The quantitative estimate of drug-likeness (QED) is 0.536. The summed E-state index contributed by atoms with van der Waals surface area (Å²) in [6.07, 6.45) is 0. The maximum absolute atomic E-state index is 5.34. The highest BCUT2D eigenvalue weighted by Crippen LogP contribution is 1.81. The van der Waals surface area contributed by atoms with Crippen LogP contribution in [0.4, 0.5) is 0 Å². The molecule has 0 fully saturated rings. The van der Waals surface area contributed by atoms with Crippen LogP contribution in [0.5, 0.6) is 0 Å². The summed E-state index contributed by atoms with van der Waals surface area (Å²) in [5.74, 6) is 0. The number of nitrogens with zero attached hydrogens (tertiary/aromatic N) is 1. The summed E-state index contributed by atoms with van der Waals surface area (Å²) in [4.78, 5) is 2.31. The van der Waals surface area contributed by atoms with Gasteiger partial charge in [0.05, 0.1) is 0 Å². The lowest BCUT2D eigenvalue weighted by atomic mass is 10.6. The number of hydrogen-bond donors (Lipinski definition) is 1. The second-order valence-corrected chi connectivity index (χ2v) is 1.82.